The van der Waals surface area contributed by atoms with E-state index in [1.807, 2.05) is 61.5 Å². The quantitative estimate of drug-likeness (QED) is 0.234. The molecule has 1 unspecified atom stereocenters. The molecule has 0 fully saturated rings. The van der Waals surface area contributed by atoms with Crippen LogP contribution in [0.4, 0.5) is 0 Å². The number of rotatable bonds is 7. The van der Waals surface area contributed by atoms with Crippen LogP contribution in [0.5, 0.6) is 0 Å². The van der Waals surface area contributed by atoms with Gasteiger partial charge in [0.25, 0.3) is 5.97 Å². The van der Waals surface area contributed by atoms with Crippen molar-refractivity contribution in [2.45, 2.75) is 31.9 Å². The number of benzene rings is 2. The molecule has 0 aliphatic carbocycles. The van der Waals surface area contributed by atoms with Crippen molar-refractivity contribution in [2.75, 3.05) is 6.61 Å². The summed E-state index contributed by atoms with van der Waals surface area (Å²) in [7, 11) is 0. The Balaban J connectivity index is 0.00000272. The summed E-state index contributed by atoms with van der Waals surface area (Å²) in [6.45, 7) is 4.02. The second kappa shape index (κ2) is 10.8. The first kappa shape index (κ1) is 24.0. The van der Waals surface area contributed by atoms with Gasteiger partial charge in [-0.15, -0.1) is 0 Å². The van der Waals surface area contributed by atoms with E-state index in [4.69, 9.17) is 26.2 Å². The maximum absolute atomic E-state index is 11.8. The van der Waals surface area contributed by atoms with Crippen molar-refractivity contribution in [3.63, 3.8) is 0 Å². The molecule has 7 heteroatoms. The largest absolute Gasteiger partial charge is 0.778 e. The summed E-state index contributed by atoms with van der Waals surface area (Å²) < 4.78 is 16.8. The SMILES string of the molecule is CCOC(=O)C([S-])Cc1ccc2oc(Cc3nc(-c4ccccc4)oc3C)cc2c1.[Pr]. The van der Waals surface area contributed by atoms with Crippen molar-refractivity contribution >= 4 is 29.6 Å². The maximum Gasteiger partial charge on any atom is 0.284 e. The molecule has 4 aromatic rings. The van der Waals surface area contributed by atoms with Gasteiger partial charge in [-0.2, -0.15) is 0 Å². The van der Waals surface area contributed by atoms with Crippen LogP contribution in [0.1, 0.15) is 29.7 Å². The van der Waals surface area contributed by atoms with E-state index < -0.39 is 5.25 Å². The van der Waals surface area contributed by atoms with Gasteiger partial charge in [-0.25, -0.2) is 4.98 Å². The Morgan fingerprint density at radius 2 is 1.90 bits per heavy atom. The molecular formula is C24H22NO4PrS-. The van der Waals surface area contributed by atoms with Gasteiger partial charge in [-0.3, -0.25) is 4.79 Å². The van der Waals surface area contributed by atoms with E-state index in [0.29, 0.717) is 25.3 Å². The number of esters is 1. The van der Waals surface area contributed by atoms with Gasteiger partial charge >= 0.3 is 0 Å². The van der Waals surface area contributed by atoms with Gasteiger partial charge in [0.05, 0.1) is 18.7 Å². The van der Waals surface area contributed by atoms with Crippen molar-refractivity contribution in [1.82, 2.24) is 4.98 Å². The van der Waals surface area contributed by atoms with Gasteiger partial charge in [0.15, 0.2) is 0 Å². The minimum Gasteiger partial charge on any atom is -0.778 e. The van der Waals surface area contributed by atoms with E-state index in [0.717, 1.165) is 39.3 Å². The number of aryl methyl sites for hydroxylation is 1. The molecular weight excluding hydrogens is 539 g/mol. The molecule has 2 aromatic heterocycles. The molecule has 1 atom stereocenters. The summed E-state index contributed by atoms with van der Waals surface area (Å²) in [6, 6.07) is 17.7. The van der Waals surface area contributed by atoms with Crippen LogP contribution in [0, 0.1) is 48.2 Å². The Hall–Kier alpha value is -1.63. The summed E-state index contributed by atoms with van der Waals surface area (Å²) >= 11 is 5.26. The molecule has 0 aliphatic rings. The summed E-state index contributed by atoms with van der Waals surface area (Å²) in [4.78, 5) is 16.4. The van der Waals surface area contributed by atoms with Crippen molar-refractivity contribution in [3.05, 3.63) is 77.4 Å². The van der Waals surface area contributed by atoms with Gasteiger partial charge in [-0.05, 0) is 56.2 Å². The summed E-state index contributed by atoms with van der Waals surface area (Å²) in [5, 5.41) is 0.376. The third kappa shape index (κ3) is 5.79. The molecule has 157 valence electrons. The van der Waals surface area contributed by atoms with Crippen LogP contribution in [0.15, 0.2) is 63.4 Å². The maximum atomic E-state index is 11.8. The number of oxazole rings is 1. The van der Waals surface area contributed by atoms with Crippen LogP contribution in [0.3, 0.4) is 0 Å². The Labute approximate surface area is 219 Å². The van der Waals surface area contributed by atoms with Crippen molar-refractivity contribution < 1.29 is 59.7 Å². The fourth-order valence-corrected chi connectivity index (χ4v) is 3.62. The first-order valence-electron chi connectivity index (χ1n) is 9.89. The predicted molar refractivity (Wildman–Crippen MR) is 117 cm³/mol. The molecule has 0 spiro atoms. The normalized spacial score (nSPS) is 11.8. The van der Waals surface area contributed by atoms with E-state index in [1.165, 1.54) is 0 Å². The second-order valence-corrected chi connectivity index (χ2v) is 7.66. The standard InChI is InChI=1S/C24H23NO4S.Pr/c1-3-27-24(26)22(30)12-16-9-10-21-18(11-16)13-19(29-21)14-20-15(2)28-23(25-20)17-7-5-4-6-8-17;/h4-11,13,22,30H,3,12,14H2,1-2H3;/p-1. The average molecular weight is 561 g/mol. The average Bonchev–Trinajstić information content (AvgIpc) is 3.31. The number of fused-ring (bicyclic) bond motifs is 1. The number of ether oxygens (including phenoxy) is 1. The number of hydrogen-bond acceptors (Lipinski definition) is 6. The molecule has 1 radical (unpaired) electrons. The first-order valence-corrected chi connectivity index (χ1v) is 10.4. The minimum atomic E-state index is -0.594. The Morgan fingerprint density at radius 3 is 2.65 bits per heavy atom. The van der Waals surface area contributed by atoms with Crippen LogP contribution >= 0.6 is 0 Å². The fourth-order valence-electron chi connectivity index (χ4n) is 3.36. The van der Waals surface area contributed by atoms with Crippen molar-refractivity contribution in [2.24, 2.45) is 0 Å². The molecule has 2 aromatic carbocycles. The second-order valence-electron chi connectivity index (χ2n) is 7.09. The monoisotopic (exact) mass is 561 g/mol. The molecule has 2 heterocycles. The Kier molecular flexibility index (Phi) is 8.37. The van der Waals surface area contributed by atoms with Gasteiger partial charge < -0.3 is 26.2 Å². The molecule has 0 aliphatic heterocycles. The molecule has 0 saturated heterocycles. The third-order valence-corrected chi connectivity index (χ3v) is 5.22. The van der Waals surface area contributed by atoms with E-state index in [2.05, 4.69) is 4.98 Å². The minimum absolute atomic E-state index is 0. The van der Waals surface area contributed by atoms with Crippen LogP contribution in [-0.4, -0.2) is 22.8 Å². The molecule has 0 bridgehead atoms. The van der Waals surface area contributed by atoms with Gasteiger partial charge in [0, 0.05) is 52.2 Å². The fraction of sp³-hybridized carbons (Fsp3) is 0.250. The number of hydrogen-bond donors (Lipinski definition) is 0. The van der Waals surface area contributed by atoms with Crippen LogP contribution < -0.4 is 0 Å². The van der Waals surface area contributed by atoms with Gasteiger partial charge in [0.2, 0.25) is 5.89 Å². The summed E-state index contributed by atoms with van der Waals surface area (Å²) in [5.74, 6) is 1.84. The smallest absolute Gasteiger partial charge is 0.284 e. The number of furan rings is 1. The molecule has 31 heavy (non-hydrogen) atoms. The number of carbonyl (C=O) groups is 1. The predicted octanol–water partition coefficient (Wildman–Crippen LogP) is 5.01. The number of nitrogens with zero attached hydrogens (tertiary/aromatic N) is 1. The Morgan fingerprint density at radius 1 is 1.13 bits per heavy atom. The van der Waals surface area contributed by atoms with E-state index in [-0.39, 0.29) is 47.3 Å². The zero-order valence-electron chi connectivity index (χ0n) is 17.5. The Bertz CT molecular complexity index is 1170. The van der Waals surface area contributed by atoms with Crippen LogP contribution in [0.2, 0.25) is 0 Å². The first-order chi connectivity index (χ1) is 14.5. The van der Waals surface area contributed by atoms with Crippen molar-refractivity contribution in [1.29, 1.82) is 0 Å². The van der Waals surface area contributed by atoms with E-state index in [9.17, 15) is 4.79 Å². The van der Waals surface area contributed by atoms with Gasteiger partial charge in [-0.1, -0.05) is 29.5 Å². The van der Waals surface area contributed by atoms with Crippen LogP contribution in [0.25, 0.3) is 22.4 Å². The molecule has 0 N–H and O–H groups in total. The zero-order chi connectivity index (χ0) is 21.1. The molecule has 0 saturated carbocycles. The van der Waals surface area contributed by atoms with Gasteiger partial charge in [0.1, 0.15) is 17.1 Å². The molecule has 0 amide bonds. The molecule has 4 rings (SSSR count). The zero-order valence-corrected chi connectivity index (χ0v) is 22.0. The summed E-state index contributed by atoms with van der Waals surface area (Å²) in [5.41, 5.74) is 3.56. The number of carbonyl (C=O) groups excluding carboxylic acids is 1. The topological polar surface area (TPSA) is 65.5 Å². The van der Waals surface area contributed by atoms with E-state index in [1.54, 1.807) is 6.92 Å². The van der Waals surface area contributed by atoms with Crippen LogP contribution in [-0.2, 0) is 35.0 Å². The van der Waals surface area contributed by atoms with E-state index >= 15 is 0 Å². The third-order valence-electron chi connectivity index (χ3n) is 4.86. The molecule has 5 nitrogen and oxygen atoms in total. The summed E-state index contributed by atoms with van der Waals surface area (Å²) in [6.07, 6.45) is 0.992. The number of aromatic nitrogens is 1. The van der Waals surface area contributed by atoms with Crippen molar-refractivity contribution in [3.8, 4) is 11.5 Å².